The molecule has 0 unspecified atom stereocenters. The summed E-state index contributed by atoms with van der Waals surface area (Å²) < 4.78 is 1.46. The van der Waals surface area contributed by atoms with Crippen LogP contribution in [0.25, 0.3) is 0 Å². The molecule has 4 nitrogen and oxygen atoms in total. The minimum absolute atomic E-state index is 0.114. The zero-order valence-corrected chi connectivity index (χ0v) is 8.24. The summed E-state index contributed by atoms with van der Waals surface area (Å²) in [6.07, 6.45) is 5.70. The molecule has 1 N–H and O–H groups in total. The van der Waals surface area contributed by atoms with Crippen LogP contribution in [0.15, 0.2) is 0 Å². The Morgan fingerprint density at radius 2 is 2.29 bits per heavy atom. The van der Waals surface area contributed by atoms with Gasteiger partial charge in [-0.2, -0.15) is 5.10 Å². The van der Waals surface area contributed by atoms with Crippen molar-refractivity contribution in [2.45, 2.75) is 26.8 Å². The Morgan fingerprint density at radius 1 is 1.64 bits per heavy atom. The van der Waals surface area contributed by atoms with Crippen molar-refractivity contribution < 1.29 is 9.90 Å². The predicted octanol–water partition coefficient (Wildman–Crippen LogP) is 0.760. The largest absolute Gasteiger partial charge is 0.480 e. The number of aliphatic carboxylic acids is 1. The summed E-state index contributed by atoms with van der Waals surface area (Å²) in [4.78, 5) is 10.5. The molecule has 0 aliphatic carbocycles. The second-order valence-electron chi connectivity index (χ2n) is 3.08. The van der Waals surface area contributed by atoms with Crippen molar-refractivity contribution in [2.24, 2.45) is 0 Å². The number of aryl methyl sites for hydroxylation is 1. The molecule has 0 aliphatic heterocycles. The standard InChI is InChI=1S/C10H12N2O2/c1-4-5-9-7(2)11-12(8(9)3)6-10(13)14/h1H,5-6H2,2-3H3,(H,13,14). The maximum absolute atomic E-state index is 10.5. The van der Waals surface area contributed by atoms with Crippen molar-refractivity contribution in [3.05, 3.63) is 17.0 Å². The molecule has 0 aliphatic rings. The van der Waals surface area contributed by atoms with Gasteiger partial charge in [0.25, 0.3) is 0 Å². The summed E-state index contributed by atoms with van der Waals surface area (Å²) in [5.74, 6) is 1.63. The minimum Gasteiger partial charge on any atom is -0.480 e. The third kappa shape index (κ3) is 1.94. The van der Waals surface area contributed by atoms with Crippen LogP contribution in [0.5, 0.6) is 0 Å². The number of nitrogens with zero attached hydrogens (tertiary/aromatic N) is 2. The molecule has 0 radical (unpaired) electrons. The summed E-state index contributed by atoms with van der Waals surface area (Å²) >= 11 is 0. The van der Waals surface area contributed by atoms with Crippen LogP contribution in [0.4, 0.5) is 0 Å². The monoisotopic (exact) mass is 192 g/mol. The summed E-state index contributed by atoms with van der Waals surface area (Å²) in [6, 6.07) is 0. The Hall–Kier alpha value is -1.76. The first kappa shape index (κ1) is 10.3. The zero-order valence-electron chi connectivity index (χ0n) is 8.24. The number of hydrogen-bond donors (Lipinski definition) is 1. The fourth-order valence-electron chi connectivity index (χ4n) is 1.37. The highest BCUT2D eigenvalue weighted by Gasteiger charge is 2.11. The van der Waals surface area contributed by atoms with Gasteiger partial charge in [0.2, 0.25) is 0 Å². The molecular formula is C10H12N2O2. The molecule has 0 saturated heterocycles. The molecule has 4 heteroatoms. The summed E-state index contributed by atoms with van der Waals surface area (Å²) in [5.41, 5.74) is 2.60. The lowest BCUT2D eigenvalue weighted by Crippen LogP contribution is -2.11. The fourth-order valence-corrected chi connectivity index (χ4v) is 1.37. The van der Waals surface area contributed by atoms with Crippen molar-refractivity contribution in [3.63, 3.8) is 0 Å². The van der Waals surface area contributed by atoms with E-state index in [1.165, 1.54) is 4.68 Å². The van der Waals surface area contributed by atoms with Gasteiger partial charge in [-0.25, -0.2) is 0 Å². The molecule has 1 aromatic heterocycles. The van der Waals surface area contributed by atoms with Gasteiger partial charge < -0.3 is 5.11 Å². The Kier molecular flexibility index (Phi) is 2.92. The van der Waals surface area contributed by atoms with Crippen molar-refractivity contribution in [3.8, 4) is 12.3 Å². The Labute approximate surface area is 82.5 Å². The number of carboxylic acids is 1. The van der Waals surface area contributed by atoms with E-state index in [4.69, 9.17) is 11.5 Å². The first-order valence-corrected chi connectivity index (χ1v) is 4.24. The Balaban J connectivity index is 3.05. The quantitative estimate of drug-likeness (QED) is 0.719. The summed E-state index contributed by atoms with van der Waals surface area (Å²) in [6.45, 7) is 3.55. The maximum Gasteiger partial charge on any atom is 0.325 e. The summed E-state index contributed by atoms with van der Waals surface area (Å²) in [7, 11) is 0. The van der Waals surface area contributed by atoms with E-state index in [9.17, 15) is 4.79 Å². The van der Waals surface area contributed by atoms with E-state index in [1.807, 2.05) is 13.8 Å². The molecule has 1 aromatic rings. The van der Waals surface area contributed by atoms with Gasteiger partial charge in [-0.3, -0.25) is 9.48 Å². The van der Waals surface area contributed by atoms with Gasteiger partial charge in [0.05, 0.1) is 5.69 Å². The van der Waals surface area contributed by atoms with Crippen LogP contribution in [0.2, 0.25) is 0 Å². The third-order valence-corrected chi connectivity index (χ3v) is 2.10. The zero-order chi connectivity index (χ0) is 10.7. The van der Waals surface area contributed by atoms with E-state index in [-0.39, 0.29) is 6.54 Å². The molecule has 1 heterocycles. The van der Waals surface area contributed by atoms with E-state index < -0.39 is 5.97 Å². The smallest absolute Gasteiger partial charge is 0.325 e. The molecule has 14 heavy (non-hydrogen) atoms. The Bertz CT molecular complexity index is 399. The number of terminal acetylenes is 1. The second kappa shape index (κ2) is 3.97. The highest BCUT2D eigenvalue weighted by Crippen LogP contribution is 2.12. The topological polar surface area (TPSA) is 55.1 Å². The molecule has 0 atom stereocenters. The van der Waals surface area contributed by atoms with Crippen LogP contribution in [0, 0.1) is 26.2 Å². The van der Waals surface area contributed by atoms with E-state index in [0.29, 0.717) is 6.42 Å². The number of carboxylic acid groups (broad SMARTS) is 1. The highest BCUT2D eigenvalue weighted by molar-refractivity contribution is 5.66. The Morgan fingerprint density at radius 3 is 2.79 bits per heavy atom. The fraction of sp³-hybridized carbons (Fsp3) is 0.400. The number of rotatable bonds is 3. The van der Waals surface area contributed by atoms with Crippen LogP contribution in [0.1, 0.15) is 17.0 Å². The van der Waals surface area contributed by atoms with Crippen LogP contribution in [0.3, 0.4) is 0 Å². The normalized spacial score (nSPS) is 9.79. The average Bonchev–Trinajstić information content (AvgIpc) is 2.32. The van der Waals surface area contributed by atoms with E-state index in [1.54, 1.807) is 0 Å². The third-order valence-electron chi connectivity index (χ3n) is 2.10. The first-order chi connectivity index (χ1) is 6.56. The minimum atomic E-state index is -0.900. The van der Waals surface area contributed by atoms with Gasteiger partial charge in [-0.05, 0) is 13.8 Å². The number of hydrogen-bond acceptors (Lipinski definition) is 2. The highest BCUT2D eigenvalue weighted by atomic mass is 16.4. The number of carbonyl (C=O) groups is 1. The lowest BCUT2D eigenvalue weighted by atomic mass is 10.1. The molecule has 0 bridgehead atoms. The lowest BCUT2D eigenvalue weighted by molar-refractivity contribution is -0.137. The van der Waals surface area contributed by atoms with Crippen LogP contribution in [-0.2, 0) is 17.8 Å². The molecule has 0 aromatic carbocycles. The molecule has 0 amide bonds. The van der Waals surface area contributed by atoms with E-state index in [0.717, 1.165) is 17.0 Å². The van der Waals surface area contributed by atoms with E-state index in [2.05, 4.69) is 11.0 Å². The second-order valence-corrected chi connectivity index (χ2v) is 3.08. The van der Waals surface area contributed by atoms with Gasteiger partial charge in [-0.1, -0.05) is 0 Å². The molecule has 0 spiro atoms. The first-order valence-electron chi connectivity index (χ1n) is 4.24. The molecular weight excluding hydrogens is 180 g/mol. The van der Waals surface area contributed by atoms with Crippen LogP contribution < -0.4 is 0 Å². The molecule has 0 saturated carbocycles. The SMILES string of the molecule is C#CCc1c(C)nn(CC(=O)O)c1C. The van der Waals surface area contributed by atoms with Gasteiger partial charge in [0, 0.05) is 17.7 Å². The van der Waals surface area contributed by atoms with Crippen molar-refractivity contribution in [2.75, 3.05) is 0 Å². The van der Waals surface area contributed by atoms with Gasteiger partial charge in [-0.15, -0.1) is 12.3 Å². The van der Waals surface area contributed by atoms with E-state index >= 15 is 0 Å². The van der Waals surface area contributed by atoms with Gasteiger partial charge in [0.15, 0.2) is 0 Å². The van der Waals surface area contributed by atoms with Crippen molar-refractivity contribution in [1.82, 2.24) is 9.78 Å². The molecule has 1 rings (SSSR count). The van der Waals surface area contributed by atoms with Gasteiger partial charge >= 0.3 is 5.97 Å². The van der Waals surface area contributed by atoms with Crippen LogP contribution in [-0.4, -0.2) is 20.9 Å². The number of aromatic nitrogens is 2. The van der Waals surface area contributed by atoms with Gasteiger partial charge in [0.1, 0.15) is 6.54 Å². The molecule has 74 valence electrons. The predicted molar refractivity (Wildman–Crippen MR) is 51.9 cm³/mol. The maximum atomic E-state index is 10.5. The summed E-state index contributed by atoms with van der Waals surface area (Å²) in [5, 5.41) is 12.7. The lowest BCUT2D eigenvalue weighted by Gasteiger charge is -1.99. The van der Waals surface area contributed by atoms with Crippen LogP contribution >= 0.6 is 0 Å². The van der Waals surface area contributed by atoms with Crippen molar-refractivity contribution in [1.29, 1.82) is 0 Å². The van der Waals surface area contributed by atoms with Crippen molar-refractivity contribution >= 4 is 5.97 Å². The average molecular weight is 192 g/mol. The molecule has 0 fully saturated rings.